The second-order valence-corrected chi connectivity index (χ2v) is 16.7. The van der Waals surface area contributed by atoms with Crippen LogP contribution in [0.3, 0.4) is 0 Å². The van der Waals surface area contributed by atoms with Gasteiger partial charge >= 0.3 is 0 Å². The number of nitrogens with zero attached hydrogens (tertiary/aromatic N) is 4. The first-order chi connectivity index (χ1) is 31.8. The van der Waals surface area contributed by atoms with Crippen molar-refractivity contribution < 1.29 is 42.9 Å². The fraction of sp³-hybridized carbons (Fsp3) is 0.320. The average molecular weight is 896 g/mol. The summed E-state index contributed by atoms with van der Waals surface area (Å²) in [5.74, 6) is 1.24. The molecular formula is C50H53N7O9. The van der Waals surface area contributed by atoms with E-state index < -0.39 is 12.1 Å². The van der Waals surface area contributed by atoms with Crippen LogP contribution in [0.2, 0.25) is 0 Å². The molecule has 0 spiro atoms. The van der Waals surface area contributed by atoms with Gasteiger partial charge in [-0.25, -0.2) is 0 Å². The summed E-state index contributed by atoms with van der Waals surface area (Å²) >= 11 is 0. The summed E-state index contributed by atoms with van der Waals surface area (Å²) in [6.45, 7) is 5.83. The minimum Gasteiger partial charge on any atom is -0.497 e. The number of amides is 4. The first-order valence-electron chi connectivity index (χ1n) is 21.8. The Balaban J connectivity index is 0.862. The molecule has 0 aliphatic carbocycles. The number of methoxy groups -OCH3 is 3. The van der Waals surface area contributed by atoms with Gasteiger partial charge in [0.25, 0.3) is 11.8 Å². The maximum Gasteiger partial charge on any atom is 0.260 e. The molecule has 0 bridgehead atoms. The van der Waals surface area contributed by atoms with Crippen LogP contribution < -0.4 is 40.1 Å². The quantitative estimate of drug-likeness (QED) is 0.0993. The number of carbonyl (C=O) groups excluding carboxylic acids is 4. The number of rotatable bonds is 16. The van der Waals surface area contributed by atoms with Gasteiger partial charge < -0.3 is 49.9 Å². The van der Waals surface area contributed by atoms with Crippen molar-refractivity contribution in [2.45, 2.75) is 64.2 Å². The van der Waals surface area contributed by atoms with E-state index >= 15 is 0 Å². The molecule has 342 valence electrons. The summed E-state index contributed by atoms with van der Waals surface area (Å²) in [6, 6.07) is 19.8. The maximum absolute atomic E-state index is 14.0. The number of fused-ring (bicyclic) bond motifs is 4. The third-order valence-corrected chi connectivity index (χ3v) is 12.0. The van der Waals surface area contributed by atoms with E-state index in [0.717, 1.165) is 28.0 Å². The molecule has 4 atom stereocenters. The molecular weight excluding hydrogens is 843 g/mol. The molecule has 4 aliphatic heterocycles. The summed E-state index contributed by atoms with van der Waals surface area (Å²) in [5, 5.41) is 5.49. The molecule has 0 radical (unpaired) electrons. The SMILES string of the molecule is COc1ccc(C2=CN3C(=O)c4cc(OC)c(OCCCOc5cc6c(cc5OC)C(=O)N5C=C(c7ccc(NC(=O)[C@@H](C)NC(=O)[C@H](N)C(C)C)cc7)C[C@@H]5C=N6)cc4N=C[C@H]3C2)cc1. The van der Waals surface area contributed by atoms with Crippen LogP contribution in [0.15, 0.2) is 95.2 Å². The zero-order valence-electron chi connectivity index (χ0n) is 37.7. The number of ether oxygens (including phenoxy) is 5. The van der Waals surface area contributed by atoms with E-state index in [2.05, 4.69) is 10.6 Å². The summed E-state index contributed by atoms with van der Waals surface area (Å²) in [7, 11) is 4.67. The molecule has 0 unspecified atom stereocenters. The lowest BCUT2D eigenvalue weighted by Crippen LogP contribution is -2.50. The molecule has 16 nitrogen and oxygen atoms in total. The summed E-state index contributed by atoms with van der Waals surface area (Å²) in [5.41, 5.74) is 12.1. The molecule has 16 heteroatoms. The highest BCUT2D eigenvalue weighted by atomic mass is 16.5. The topological polar surface area (TPSA) is 196 Å². The number of hydrogen-bond acceptors (Lipinski definition) is 12. The van der Waals surface area contributed by atoms with E-state index in [0.29, 0.717) is 70.4 Å². The van der Waals surface area contributed by atoms with Crippen molar-refractivity contribution in [3.8, 4) is 28.7 Å². The molecule has 0 aromatic heterocycles. The van der Waals surface area contributed by atoms with Crippen LogP contribution >= 0.6 is 0 Å². The van der Waals surface area contributed by atoms with E-state index in [1.807, 2.05) is 62.6 Å². The molecule has 4 aromatic carbocycles. The standard InChI is InChI=1S/C50H53N7O9/c1-28(2)46(51)48(59)54-29(3)47(58)55-34-12-8-30(9-13-34)32-18-35-24-52-40-22-44(42(63-5)20-38(40)49(60)56(35)26-32)65-16-7-17-66-45-23-41-39(21-43(45)64-6)50(61)57-27-33(19-36(57)25-53-41)31-10-14-37(62-4)15-11-31/h8-15,20-29,35-36,46H,7,16-19,51H2,1-6H3,(H,54,59)(H,55,58)/t29-,35-,36-,46-/m1/s1. The van der Waals surface area contributed by atoms with Gasteiger partial charge in [0.05, 0.1) is 75.2 Å². The van der Waals surface area contributed by atoms with E-state index in [1.165, 1.54) is 14.2 Å². The van der Waals surface area contributed by atoms with Crippen molar-refractivity contribution >= 4 is 64.3 Å². The zero-order chi connectivity index (χ0) is 46.6. The van der Waals surface area contributed by atoms with Crippen molar-refractivity contribution in [1.29, 1.82) is 0 Å². The molecule has 4 aliphatic rings. The monoisotopic (exact) mass is 895 g/mol. The van der Waals surface area contributed by atoms with Crippen LogP contribution in [0.1, 0.15) is 71.9 Å². The fourth-order valence-corrected chi connectivity index (χ4v) is 8.07. The Kier molecular flexibility index (Phi) is 13.2. The van der Waals surface area contributed by atoms with E-state index in [4.69, 9.17) is 39.4 Å². The number of hydrogen-bond donors (Lipinski definition) is 3. The fourth-order valence-electron chi connectivity index (χ4n) is 8.07. The Morgan fingerprint density at radius 3 is 1.62 bits per heavy atom. The van der Waals surface area contributed by atoms with Gasteiger partial charge in [0.1, 0.15) is 11.8 Å². The normalized spacial score (nSPS) is 17.9. The van der Waals surface area contributed by atoms with Crippen LogP contribution in [0.4, 0.5) is 17.1 Å². The predicted molar refractivity (Wildman–Crippen MR) is 251 cm³/mol. The highest BCUT2D eigenvalue weighted by Gasteiger charge is 2.35. The van der Waals surface area contributed by atoms with Gasteiger partial charge in [-0.15, -0.1) is 0 Å². The molecule has 4 amide bonds. The molecule has 0 fully saturated rings. The maximum atomic E-state index is 14.0. The minimum atomic E-state index is -0.776. The van der Waals surface area contributed by atoms with Gasteiger partial charge in [-0.05, 0) is 71.5 Å². The van der Waals surface area contributed by atoms with Crippen LogP contribution in [-0.4, -0.2) is 105 Å². The van der Waals surface area contributed by atoms with Gasteiger partial charge in [-0.1, -0.05) is 38.1 Å². The van der Waals surface area contributed by atoms with E-state index in [-0.39, 0.29) is 54.8 Å². The van der Waals surface area contributed by atoms with Gasteiger partial charge in [0.15, 0.2) is 23.0 Å². The number of nitrogens with two attached hydrogens (primary N) is 1. The van der Waals surface area contributed by atoms with Crippen molar-refractivity contribution in [3.63, 3.8) is 0 Å². The first-order valence-corrected chi connectivity index (χ1v) is 21.8. The molecule has 4 aromatic rings. The summed E-state index contributed by atoms with van der Waals surface area (Å²) in [6.07, 6.45) is 8.94. The summed E-state index contributed by atoms with van der Waals surface area (Å²) in [4.78, 5) is 65.7. The van der Waals surface area contributed by atoms with Crippen molar-refractivity contribution in [3.05, 3.63) is 107 Å². The largest absolute Gasteiger partial charge is 0.497 e. The third kappa shape index (κ3) is 9.36. The Morgan fingerprint density at radius 2 is 1.17 bits per heavy atom. The number of nitrogens with one attached hydrogen (secondary N) is 2. The second kappa shape index (κ2) is 19.3. The zero-order valence-corrected chi connectivity index (χ0v) is 37.7. The van der Waals surface area contributed by atoms with Crippen molar-refractivity contribution in [1.82, 2.24) is 15.1 Å². The molecule has 4 N–H and O–H groups in total. The number of carbonyl (C=O) groups is 4. The molecule has 0 saturated heterocycles. The van der Waals surface area contributed by atoms with Gasteiger partial charge in [-0.3, -0.25) is 29.2 Å². The second-order valence-electron chi connectivity index (χ2n) is 16.7. The van der Waals surface area contributed by atoms with Crippen LogP contribution in [0, 0.1) is 5.92 Å². The third-order valence-electron chi connectivity index (χ3n) is 12.0. The van der Waals surface area contributed by atoms with Crippen LogP contribution in [-0.2, 0) is 9.59 Å². The number of anilines is 1. The Hall–Kier alpha value is -7.46. The van der Waals surface area contributed by atoms with E-state index in [9.17, 15) is 19.2 Å². The average Bonchev–Trinajstić information content (AvgIpc) is 3.91. The molecule has 4 heterocycles. The van der Waals surface area contributed by atoms with Gasteiger partial charge in [0, 0.05) is 61.9 Å². The number of aliphatic imine (C=N–C) groups is 2. The lowest BCUT2D eigenvalue weighted by molar-refractivity contribution is -0.127. The summed E-state index contributed by atoms with van der Waals surface area (Å²) < 4.78 is 28.9. The number of benzene rings is 4. The minimum absolute atomic E-state index is 0.0598. The Bertz CT molecular complexity index is 2660. The Labute approximate surface area is 383 Å². The lowest BCUT2D eigenvalue weighted by Gasteiger charge is -2.19. The predicted octanol–water partition coefficient (Wildman–Crippen LogP) is 6.93. The highest BCUT2D eigenvalue weighted by Crippen LogP contribution is 2.42. The van der Waals surface area contributed by atoms with Crippen LogP contribution in [0.25, 0.3) is 11.1 Å². The highest BCUT2D eigenvalue weighted by molar-refractivity contribution is 6.06. The molecule has 66 heavy (non-hydrogen) atoms. The Morgan fingerprint density at radius 1 is 0.682 bits per heavy atom. The van der Waals surface area contributed by atoms with Gasteiger partial charge in [-0.2, -0.15) is 0 Å². The smallest absolute Gasteiger partial charge is 0.260 e. The first kappa shape index (κ1) is 45.1. The van der Waals surface area contributed by atoms with Crippen molar-refractivity contribution in [2.24, 2.45) is 21.6 Å². The molecule has 0 saturated carbocycles. The van der Waals surface area contributed by atoms with Crippen molar-refractivity contribution in [2.75, 3.05) is 39.9 Å². The lowest BCUT2D eigenvalue weighted by atomic mass is 10.0. The van der Waals surface area contributed by atoms with Crippen LogP contribution in [0.5, 0.6) is 28.7 Å². The molecule has 8 rings (SSSR count). The van der Waals surface area contributed by atoms with E-state index in [1.54, 1.807) is 72.7 Å². The van der Waals surface area contributed by atoms with Gasteiger partial charge in [0.2, 0.25) is 11.8 Å².